The van der Waals surface area contributed by atoms with Crippen molar-refractivity contribution in [2.45, 2.75) is 82.5 Å². The van der Waals surface area contributed by atoms with E-state index in [4.69, 9.17) is 19.2 Å². The van der Waals surface area contributed by atoms with E-state index in [0.717, 1.165) is 84.8 Å². The number of pyridine rings is 1. The fourth-order valence-electron chi connectivity index (χ4n) is 9.89. The topological polar surface area (TPSA) is 251 Å². The number of amides is 5. The zero-order chi connectivity index (χ0) is 52.6. The molecule has 5 aromatic rings. The van der Waals surface area contributed by atoms with Crippen LogP contribution in [0, 0.1) is 0 Å². The van der Waals surface area contributed by atoms with Crippen LogP contribution < -0.4 is 36.6 Å². The molecule has 20 heteroatoms. The number of hydrogen-bond acceptors (Lipinski definition) is 15. The summed E-state index contributed by atoms with van der Waals surface area (Å²) in [5.74, 6) is 0.999. The third-order valence-corrected chi connectivity index (χ3v) is 14.1. The quantitative estimate of drug-likeness (QED) is 0.0406. The third kappa shape index (κ3) is 13.9. The van der Waals surface area contributed by atoms with Crippen LogP contribution in [0.1, 0.15) is 102 Å². The van der Waals surface area contributed by atoms with Gasteiger partial charge in [0.05, 0.1) is 18.2 Å². The van der Waals surface area contributed by atoms with Crippen LogP contribution in [0.3, 0.4) is 0 Å². The minimum Gasteiger partial charge on any atom is -0.494 e. The number of H-pyrrole nitrogens is 1. The lowest BCUT2D eigenvalue weighted by molar-refractivity contribution is -0.137. The maximum atomic E-state index is 13.6. The predicted octanol–water partition coefficient (Wildman–Crippen LogP) is 4.71. The second-order valence-corrected chi connectivity index (χ2v) is 19.1. The third-order valence-electron chi connectivity index (χ3n) is 14.1. The Morgan fingerprint density at radius 1 is 0.853 bits per heavy atom. The Kier molecular flexibility index (Phi) is 18.9. The highest BCUT2D eigenvalue weighted by Crippen LogP contribution is 2.35. The first kappa shape index (κ1) is 54.0. The molecule has 0 radical (unpaired) electrons. The maximum absolute atomic E-state index is 13.6. The highest BCUT2D eigenvalue weighted by atomic mass is 16.5. The molecular formula is C55H70N12O8. The van der Waals surface area contributed by atoms with Crippen molar-refractivity contribution < 1.29 is 38.2 Å². The van der Waals surface area contributed by atoms with Crippen molar-refractivity contribution in [3.8, 4) is 17.1 Å². The lowest BCUT2D eigenvalue weighted by Crippen LogP contribution is -2.52. The summed E-state index contributed by atoms with van der Waals surface area (Å²) in [5.41, 5.74) is 9.64. The SMILES string of the molecule is CC(NC(=O)c1cccc(NC2(c3nc(-c4ccncc4)n[nH]3)CCNCC2)c1)c1cccc(OCCCCCOCCCOCC(=O)N2CCN(c3ccc4c(c3)CN(C3CCC(=O)NC3=O)C4=O)CC2)c1.CN. The van der Waals surface area contributed by atoms with Crippen molar-refractivity contribution in [1.82, 2.24) is 45.9 Å². The van der Waals surface area contributed by atoms with Gasteiger partial charge in [-0.3, -0.25) is 39.4 Å². The van der Waals surface area contributed by atoms with Gasteiger partial charge >= 0.3 is 0 Å². The second kappa shape index (κ2) is 26.3. The van der Waals surface area contributed by atoms with Crippen molar-refractivity contribution in [3.05, 3.63) is 119 Å². The molecular weight excluding hydrogens is 957 g/mol. The van der Waals surface area contributed by atoms with Crippen molar-refractivity contribution in [3.63, 3.8) is 0 Å². The fourth-order valence-corrected chi connectivity index (χ4v) is 9.89. The largest absolute Gasteiger partial charge is 0.494 e. The van der Waals surface area contributed by atoms with Crippen LogP contribution in [0.4, 0.5) is 11.4 Å². The van der Waals surface area contributed by atoms with Gasteiger partial charge in [0.15, 0.2) is 11.6 Å². The molecule has 3 saturated heterocycles. The van der Waals surface area contributed by atoms with Gasteiger partial charge in [0, 0.05) is 99.4 Å². The molecule has 4 aliphatic heterocycles. The van der Waals surface area contributed by atoms with Gasteiger partial charge in [0.1, 0.15) is 18.4 Å². The summed E-state index contributed by atoms with van der Waals surface area (Å²) in [4.78, 5) is 78.2. The van der Waals surface area contributed by atoms with Gasteiger partial charge in [0.25, 0.3) is 11.8 Å². The van der Waals surface area contributed by atoms with E-state index >= 15 is 0 Å². The lowest BCUT2D eigenvalue weighted by atomic mass is 9.87. The van der Waals surface area contributed by atoms with E-state index in [1.54, 1.807) is 17.3 Å². The van der Waals surface area contributed by atoms with E-state index in [2.05, 4.69) is 47.1 Å². The number of benzene rings is 3. The normalized spacial score (nSPS) is 17.6. The molecule has 2 aromatic heterocycles. The fraction of sp³-hybridized carbons (Fsp3) is 0.455. The number of piperidine rings is 2. The van der Waals surface area contributed by atoms with E-state index in [0.29, 0.717) is 88.9 Å². The zero-order valence-corrected chi connectivity index (χ0v) is 43.0. The smallest absolute Gasteiger partial charge is 0.255 e. The molecule has 75 heavy (non-hydrogen) atoms. The zero-order valence-electron chi connectivity index (χ0n) is 43.0. The number of fused-ring (bicyclic) bond motifs is 1. The van der Waals surface area contributed by atoms with Gasteiger partial charge in [-0.2, -0.15) is 5.10 Å². The molecule has 7 N–H and O–H groups in total. The number of aromatic amines is 1. The number of hydrogen-bond donors (Lipinski definition) is 6. The lowest BCUT2D eigenvalue weighted by Gasteiger charge is -2.37. The summed E-state index contributed by atoms with van der Waals surface area (Å²) in [7, 11) is 1.50. The first-order chi connectivity index (χ1) is 36.6. The first-order valence-electron chi connectivity index (χ1n) is 26.1. The van der Waals surface area contributed by atoms with Crippen LogP contribution in [0.2, 0.25) is 0 Å². The number of aromatic nitrogens is 4. The summed E-state index contributed by atoms with van der Waals surface area (Å²) in [6.07, 6.45) is 9.02. The van der Waals surface area contributed by atoms with Gasteiger partial charge in [0.2, 0.25) is 17.7 Å². The van der Waals surface area contributed by atoms with E-state index in [-0.39, 0.29) is 42.7 Å². The Bertz CT molecular complexity index is 2720. The standard InChI is InChI=1S/C54H65N11O8.CH5N/c1-37(57-50(68)40-9-5-10-42(32-40)60-54(18-22-56-23-19-54)53-59-49(61-62-53)38-16-20-55-21-17-38)39-8-6-11-44(34-39)73-31-4-2-3-28-71-29-7-30-72-36-48(67)64-26-24-63(25-27-64)43-12-13-45-41(33-43)35-65(52(45)70)46-14-15-47(66)58-51(46)69;1-2/h5-6,8-13,16-17,20-21,32-34,37,46,56,60H,2-4,7,14-15,18-19,22-31,35-36H2,1H3,(H,57,68)(H,58,66,69)(H,59,61,62);2H2,1H3. The number of nitrogens with zero attached hydrogens (tertiary/aromatic N) is 6. The molecule has 9 rings (SSSR count). The van der Waals surface area contributed by atoms with Crippen molar-refractivity contribution in [2.24, 2.45) is 5.73 Å². The number of ether oxygens (including phenoxy) is 3. The predicted molar refractivity (Wildman–Crippen MR) is 283 cm³/mol. The van der Waals surface area contributed by atoms with E-state index in [1.807, 2.05) is 90.7 Å². The molecule has 3 aromatic carbocycles. The molecule has 20 nitrogen and oxygen atoms in total. The molecule has 4 aliphatic rings. The highest BCUT2D eigenvalue weighted by Gasteiger charge is 2.40. The van der Waals surface area contributed by atoms with Crippen LogP contribution in [0.5, 0.6) is 5.75 Å². The molecule has 3 fully saturated rings. The number of unbranched alkanes of at least 4 members (excludes halogenated alkanes) is 2. The number of carbonyl (C=O) groups is 5. The summed E-state index contributed by atoms with van der Waals surface area (Å²) in [6, 6.07) is 24.0. The Labute approximate surface area is 437 Å². The molecule has 0 spiro atoms. The van der Waals surface area contributed by atoms with Gasteiger partial charge in [-0.25, -0.2) is 4.98 Å². The summed E-state index contributed by atoms with van der Waals surface area (Å²) >= 11 is 0. The average molecular weight is 1030 g/mol. The minimum absolute atomic E-state index is 0.0295. The van der Waals surface area contributed by atoms with Crippen LogP contribution in [0.25, 0.3) is 11.4 Å². The number of nitrogens with two attached hydrogens (primary N) is 1. The van der Waals surface area contributed by atoms with Gasteiger partial charge in [-0.15, -0.1) is 0 Å². The summed E-state index contributed by atoms with van der Waals surface area (Å²) < 4.78 is 17.6. The number of imide groups is 1. The minimum atomic E-state index is -0.644. The molecule has 5 amide bonds. The molecule has 0 bridgehead atoms. The molecule has 6 heterocycles. The molecule has 0 saturated carbocycles. The van der Waals surface area contributed by atoms with Crippen LogP contribution in [-0.4, -0.2) is 145 Å². The highest BCUT2D eigenvalue weighted by molar-refractivity contribution is 6.05. The van der Waals surface area contributed by atoms with E-state index in [9.17, 15) is 24.0 Å². The van der Waals surface area contributed by atoms with Gasteiger partial charge in [-0.05, 0) is 144 Å². The molecule has 0 aliphatic carbocycles. The Morgan fingerprint density at radius 2 is 1.61 bits per heavy atom. The van der Waals surface area contributed by atoms with Crippen molar-refractivity contribution >= 4 is 40.9 Å². The number of anilines is 2. The number of carbonyl (C=O) groups excluding carboxylic acids is 5. The summed E-state index contributed by atoms with van der Waals surface area (Å²) in [5, 5.41) is 20.4. The summed E-state index contributed by atoms with van der Waals surface area (Å²) in [6.45, 7) is 8.61. The van der Waals surface area contributed by atoms with Gasteiger partial charge in [-0.1, -0.05) is 18.2 Å². The number of piperazine rings is 1. The van der Waals surface area contributed by atoms with Gasteiger partial charge < -0.3 is 50.6 Å². The maximum Gasteiger partial charge on any atom is 0.255 e. The molecule has 398 valence electrons. The van der Waals surface area contributed by atoms with Crippen LogP contribution in [0.15, 0.2) is 91.3 Å². The first-order valence-corrected chi connectivity index (χ1v) is 26.1. The van der Waals surface area contributed by atoms with Crippen molar-refractivity contribution in [1.29, 1.82) is 0 Å². The second-order valence-electron chi connectivity index (χ2n) is 19.1. The van der Waals surface area contributed by atoms with E-state index < -0.39 is 17.5 Å². The Hall–Kier alpha value is -7.26. The Morgan fingerprint density at radius 3 is 2.41 bits per heavy atom. The number of rotatable bonds is 22. The van der Waals surface area contributed by atoms with E-state index in [1.165, 1.54) is 7.05 Å². The Balaban J connectivity index is 0.00000369. The number of nitrogens with one attached hydrogen (secondary N) is 5. The molecule has 2 unspecified atom stereocenters. The monoisotopic (exact) mass is 1030 g/mol. The van der Waals surface area contributed by atoms with Crippen LogP contribution >= 0.6 is 0 Å². The molecule has 2 atom stereocenters. The van der Waals surface area contributed by atoms with Crippen LogP contribution in [-0.2, 0) is 35.9 Å². The average Bonchev–Trinajstić information content (AvgIpc) is 4.10. The van der Waals surface area contributed by atoms with Crippen molar-refractivity contribution in [2.75, 3.05) is 89.6 Å².